The first-order chi connectivity index (χ1) is 11.1. The minimum absolute atomic E-state index is 0.251. The molecular weight excluding hydrogens is 309 g/mol. The van der Waals surface area contributed by atoms with Gasteiger partial charge >= 0.3 is 13.1 Å². The lowest BCUT2D eigenvalue weighted by molar-refractivity contribution is 0.00578. The predicted octanol–water partition coefficient (Wildman–Crippen LogP) is 2.06. The Morgan fingerprint density at radius 1 is 1.29 bits per heavy atom. The van der Waals surface area contributed by atoms with Crippen LogP contribution in [0.2, 0.25) is 0 Å². The van der Waals surface area contributed by atoms with Gasteiger partial charge in [-0.15, -0.1) is 0 Å². The molecular formula is C17H24BNO5. The molecule has 0 aliphatic carbocycles. The normalized spacial score (nSPS) is 19.4. The van der Waals surface area contributed by atoms with Gasteiger partial charge in [0.05, 0.1) is 36.2 Å². The Bertz CT molecular complexity index is 653. The number of nitrogens with two attached hydrogens (primary N) is 1. The Morgan fingerprint density at radius 2 is 1.88 bits per heavy atom. The largest absolute Gasteiger partial charge is 0.492 e. The third kappa shape index (κ3) is 3.33. The maximum Gasteiger partial charge on any atom is 0.492 e. The summed E-state index contributed by atoms with van der Waals surface area (Å²) >= 11 is 0. The van der Waals surface area contributed by atoms with Crippen molar-refractivity contribution in [3.8, 4) is 0 Å². The number of rotatable bonds is 4. The van der Waals surface area contributed by atoms with E-state index in [4.69, 9.17) is 19.8 Å². The minimum atomic E-state index is -0.679. The zero-order chi connectivity index (χ0) is 18.1. The molecule has 24 heavy (non-hydrogen) atoms. The van der Waals surface area contributed by atoms with Crippen LogP contribution in [0.15, 0.2) is 23.7 Å². The number of methoxy groups -OCH3 is 1. The molecule has 0 bridgehead atoms. The zero-order valence-electron chi connectivity index (χ0n) is 14.8. The molecule has 0 radical (unpaired) electrons. The van der Waals surface area contributed by atoms with E-state index in [2.05, 4.69) is 0 Å². The highest BCUT2D eigenvalue weighted by atomic mass is 16.7. The first-order valence-corrected chi connectivity index (χ1v) is 7.76. The van der Waals surface area contributed by atoms with E-state index in [-0.39, 0.29) is 17.9 Å². The zero-order valence-corrected chi connectivity index (χ0v) is 14.8. The van der Waals surface area contributed by atoms with Gasteiger partial charge in [0.15, 0.2) is 0 Å². The number of carbonyl (C=O) groups excluding carboxylic acids is 1. The van der Waals surface area contributed by atoms with Gasteiger partial charge in [-0.25, -0.2) is 4.79 Å². The third-order valence-corrected chi connectivity index (χ3v) is 4.62. The van der Waals surface area contributed by atoms with Crippen LogP contribution in [0, 0.1) is 0 Å². The Kier molecular flexibility index (Phi) is 5.08. The Hall–Kier alpha value is -1.83. The number of esters is 1. The van der Waals surface area contributed by atoms with Crippen molar-refractivity contribution in [3.63, 3.8) is 0 Å². The number of ether oxygens (including phenoxy) is 1. The number of hydrogen-bond acceptors (Lipinski definition) is 6. The number of aliphatic hydroxyl groups is 1. The lowest BCUT2D eigenvalue weighted by Crippen LogP contribution is -2.41. The van der Waals surface area contributed by atoms with Crippen molar-refractivity contribution in [2.24, 2.45) is 0 Å². The van der Waals surface area contributed by atoms with Crippen molar-refractivity contribution in [1.29, 1.82) is 0 Å². The fraction of sp³-hybridized carbons (Fsp3) is 0.471. The van der Waals surface area contributed by atoms with Crippen LogP contribution in [-0.2, 0) is 14.0 Å². The first kappa shape index (κ1) is 18.5. The maximum absolute atomic E-state index is 11.7. The van der Waals surface area contributed by atoms with Gasteiger partial charge in [-0.05, 0) is 44.8 Å². The van der Waals surface area contributed by atoms with Crippen LogP contribution in [0.1, 0.15) is 43.6 Å². The van der Waals surface area contributed by atoms with Gasteiger partial charge in [-0.3, -0.25) is 0 Å². The highest BCUT2D eigenvalue weighted by molar-refractivity contribution is 6.55. The molecule has 130 valence electrons. The molecule has 1 saturated heterocycles. The van der Waals surface area contributed by atoms with E-state index in [0.29, 0.717) is 11.0 Å². The number of benzene rings is 1. The van der Waals surface area contributed by atoms with E-state index in [9.17, 15) is 9.90 Å². The lowest BCUT2D eigenvalue weighted by atomic mass is 9.77. The second kappa shape index (κ2) is 6.59. The molecule has 2 rings (SSSR count). The molecule has 7 heteroatoms. The van der Waals surface area contributed by atoms with E-state index >= 15 is 0 Å². The Labute approximate surface area is 142 Å². The molecule has 1 aromatic carbocycles. The topological polar surface area (TPSA) is 91.0 Å². The predicted molar refractivity (Wildman–Crippen MR) is 93.3 cm³/mol. The summed E-state index contributed by atoms with van der Waals surface area (Å²) in [4.78, 5) is 11.7. The standard InChI is InChI=1S/C17H24BNO5/c1-16(2)17(3,4)24-18(23-16)12(10-20)9-11-7-6-8-13(14(11)19)15(21)22-5/h6-9,20H,10,19H2,1-5H3. The third-order valence-electron chi connectivity index (χ3n) is 4.62. The molecule has 0 atom stereocenters. The summed E-state index contributed by atoms with van der Waals surface area (Å²) in [6.45, 7) is 7.50. The Balaban J connectivity index is 2.38. The van der Waals surface area contributed by atoms with Crippen LogP contribution < -0.4 is 5.73 Å². The molecule has 0 unspecified atom stereocenters. The lowest BCUT2D eigenvalue weighted by Gasteiger charge is -2.32. The SMILES string of the molecule is COC(=O)c1cccc(C=C(CO)B2OC(C)(C)C(C)(C)O2)c1N. The van der Waals surface area contributed by atoms with Crippen molar-refractivity contribution >= 4 is 24.9 Å². The number of para-hydroxylation sites is 1. The van der Waals surface area contributed by atoms with Crippen LogP contribution in [0.5, 0.6) is 0 Å². The quantitative estimate of drug-likeness (QED) is 0.498. The smallest absolute Gasteiger partial charge is 0.465 e. The average Bonchev–Trinajstić information content (AvgIpc) is 2.73. The Morgan fingerprint density at radius 3 is 2.38 bits per heavy atom. The van der Waals surface area contributed by atoms with Gasteiger partial charge in [0, 0.05) is 0 Å². The summed E-state index contributed by atoms with van der Waals surface area (Å²) in [6, 6.07) is 5.04. The number of hydrogen-bond donors (Lipinski definition) is 2. The summed E-state index contributed by atoms with van der Waals surface area (Å²) in [6.07, 6.45) is 1.68. The number of carbonyl (C=O) groups is 1. The van der Waals surface area contributed by atoms with Crippen molar-refractivity contribution in [3.05, 3.63) is 34.8 Å². The maximum atomic E-state index is 11.7. The number of anilines is 1. The highest BCUT2D eigenvalue weighted by Crippen LogP contribution is 2.39. The van der Waals surface area contributed by atoms with Crippen molar-refractivity contribution in [1.82, 2.24) is 0 Å². The monoisotopic (exact) mass is 333 g/mol. The molecule has 6 nitrogen and oxygen atoms in total. The van der Waals surface area contributed by atoms with Crippen LogP contribution in [-0.4, -0.2) is 43.1 Å². The van der Waals surface area contributed by atoms with Crippen molar-refractivity contribution in [2.75, 3.05) is 19.5 Å². The fourth-order valence-corrected chi connectivity index (χ4v) is 2.38. The number of aliphatic hydroxyl groups excluding tert-OH is 1. The molecule has 0 aromatic heterocycles. The van der Waals surface area contributed by atoms with Crippen molar-refractivity contribution < 1.29 is 23.9 Å². The van der Waals surface area contributed by atoms with E-state index in [1.165, 1.54) is 7.11 Å². The van der Waals surface area contributed by atoms with E-state index < -0.39 is 24.3 Å². The van der Waals surface area contributed by atoms with Crippen LogP contribution in [0.3, 0.4) is 0 Å². The van der Waals surface area contributed by atoms with Gasteiger partial charge in [-0.1, -0.05) is 18.2 Å². The highest BCUT2D eigenvalue weighted by Gasteiger charge is 2.52. The summed E-state index contributed by atoms with van der Waals surface area (Å²) < 4.78 is 16.6. The molecule has 3 N–H and O–H groups in total. The minimum Gasteiger partial charge on any atom is -0.465 e. The molecule has 1 aliphatic rings. The molecule has 1 aliphatic heterocycles. The van der Waals surface area contributed by atoms with E-state index in [1.54, 1.807) is 24.3 Å². The molecule has 0 saturated carbocycles. The second-order valence-electron chi connectivity index (χ2n) is 6.77. The van der Waals surface area contributed by atoms with Gasteiger partial charge in [0.2, 0.25) is 0 Å². The van der Waals surface area contributed by atoms with Gasteiger partial charge in [-0.2, -0.15) is 0 Å². The van der Waals surface area contributed by atoms with Crippen LogP contribution >= 0.6 is 0 Å². The fourth-order valence-electron chi connectivity index (χ4n) is 2.38. The summed E-state index contributed by atoms with van der Waals surface area (Å²) in [7, 11) is 0.620. The van der Waals surface area contributed by atoms with Gasteiger partial charge in [0.1, 0.15) is 0 Å². The number of nitrogen functional groups attached to an aromatic ring is 1. The molecule has 1 aromatic rings. The van der Waals surface area contributed by atoms with Gasteiger partial charge in [0.25, 0.3) is 0 Å². The van der Waals surface area contributed by atoms with Gasteiger partial charge < -0.3 is 24.9 Å². The second-order valence-corrected chi connectivity index (χ2v) is 6.77. The van der Waals surface area contributed by atoms with E-state index in [0.717, 1.165) is 0 Å². The average molecular weight is 333 g/mol. The summed E-state index contributed by atoms with van der Waals surface area (Å²) in [5.41, 5.74) is 6.73. The molecule has 1 fully saturated rings. The summed E-state index contributed by atoms with van der Waals surface area (Å²) in [5.74, 6) is -0.510. The summed E-state index contributed by atoms with van der Waals surface area (Å²) in [5, 5.41) is 9.74. The molecule has 0 amide bonds. The molecule has 0 spiro atoms. The van der Waals surface area contributed by atoms with Crippen LogP contribution in [0.25, 0.3) is 6.08 Å². The first-order valence-electron chi connectivity index (χ1n) is 7.76. The molecule has 1 heterocycles. The van der Waals surface area contributed by atoms with Crippen LogP contribution in [0.4, 0.5) is 5.69 Å². The van der Waals surface area contributed by atoms with E-state index in [1.807, 2.05) is 27.7 Å². The van der Waals surface area contributed by atoms with Crippen molar-refractivity contribution in [2.45, 2.75) is 38.9 Å².